The van der Waals surface area contributed by atoms with Crippen LogP contribution in [0, 0.1) is 5.92 Å². The van der Waals surface area contributed by atoms with Crippen molar-refractivity contribution < 1.29 is 14.3 Å². The molecule has 100 valence electrons. The van der Waals surface area contributed by atoms with Crippen molar-refractivity contribution in [3.63, 3.8) is 0 Å². The summed E-state index contributed by atoms with van der Waals surface area (Å²) < 4.78 is 10.5. The summed E-state index contributed by atoms with van der Waals surface area (Å²) in [5, 5.41) is 6.11. The summed E-state index contributed by atoms with van der Waals surface area (Å²) in [5.74, 6) is 0.519. The molecule has 1 amide bonds. The van der Waals surface area contributed by atoms with E-state index in [-0.39, 0.29) is 12.0 Å². The highest BCUT2D eigenvalue weighted by Gasteiger charge is 2.18. The quantitative estimate of drug-likeness (QED) is 0.597. The van der Waals surface area contributed by atoms with Gasteiger partial charge in [0.25, 0.3) is 0 Å². The maximum atomic E-state index is 11.6. The maximum Gasteiger partial charge on any atom is 0.248 e. The zero-order valence-corrected chi connectivity index (χ0v) is 10.8. The van der Waals surface area contributed by atoms with Crippen LogP contribution in [-0.2, 0) is 14.3 Å². The Kier molecular flexibility index (Phi) is 7.16. The molecule has 0 bridgehead atoms. The van der Waals surface area contributed by atoms with Crippen molar-refractivity contribution in [3.8, 4) is 0 Å². The van der Waals surface area contributed by atoms with Crippen LogP contribution in [-0.4, -0.2) is 52.0 Å². The second-order valence-electron chi connectivity index (χ2n) is 4.47. The summed E-state index contributed by atoms with van der Waals surface area (Å²) in [4.78, 5) is 11.6. The fourth-order valence-electron chi connectivity index (χ4n) is 1.78. The Bertz CT molecular complexity index is 218. The van der Waals surface area contributed by atoms with E-state index in [0.717, 1.165) is 25.9 Å². The van der Waals surface area contributed by atoms with Crippen LogP contribution in [0.25, 0.3) is 0 Å². The third kappa shape index (κ3) is 6.00. The van der Waals surface area contributed by atoms with Crippen LogP contribution in [0.1, 0.15) is 19.8 Å². The smallest absolute Gasteiger partial charge is 0.248 e. The largest absolute Gasteiger partial charge is 0.385 e. The number of ether oxygens (including phenoxy) is 2. The zero-order valence-electron chi connectivity index (χ0n) is 10.8. The first-order valence-corrected chi connectivity index (χ1v) is 6.33. The monoisotopic (exact) mass is 244 g/mol. The zero-order chi connectivity index (χ0) is 12.5. The van der Waals surface area contributed by atoms with E-state index >= 15 is 0 Å². The molecule has 0 spiro atoms. The molecule has 1 aliphatic heterocycles. The molecule has 0 radical (unpaired) electrons. The Hall–Kier alpha value is -0.650. The molecule has 0 aromatic rings. The number of nitrogens with one attached hydrogen (secondary N) is 2. The molecule has 2 unspecified atom stereocenters. The third-order valence-electron chi connectivity index (χ3n) is 2.94. The molecule has 0 aliphatic carbocycles. The van der Waals surface area contributed by atoms with E-state index < -0.39 is 0 Å². The van der Waals surface area contributed by atoms with Gasteiger partial charge < -0.3 is 20.1 Å². The summed E-state index contributed by atoms with van der Waals surface area (Å²) in [6.45, 7) is 5.84. The fraction of sp³-hybridized carbons (Fsp3) is 0.917. The Labute approximate surface area is 103 Å². The van der Waals surface area contributed by atoms with Gasteiger partial charge in [-0.1, -0.05) is 0 Å². The van der Waals surface area contributed by atoms with Crippen molar-refractivity contribution in [3.05, 3.63) is 0 Å². The molecule has 2 atom stereocenters. The van der Waals surface area contributed by atoms with Gasteiger partial charge in [0.15, 0.2) is 0 Å². The summed E-state index contributed by atoms with van der Waals surface area (Å²) in [6.07, 6.45) is 1.61. The normalized spacial score (nSPS) is 21.4. The van der Waals surface area contributed by atoms with Gasteiger partial charge in [0.2, 0.25) is 5.91 Å². The molecule has 1 aliphatic rings. The van der Waals surface area contributed by atoms with Crippen LogP contribution < -0.4 is 10.6 Å². The van der Waals surface area contributed by atoms with Gasteiger partial charge >= 0.3 is 0 Å². The molecule has 1 rings (SSSR count). The molecule has 5 nitrogen and oxygen atoms in total. The summed E-state index contributed by atoms with van der Waals surface area (Å²) >= 11 is 0. The SMILES string of the molecule is COCCCNC(=O)C(C)OCC1CCNC1. The molecule has 17 heavy (non-hydrogen) atoms. The number of carbonyl (C=O) groups excluding carboxylic acids is 1. The van der Waals surface area contributed by atoms with Crippen LogP contribution in [0.2, 0.25) is 0 Å². The summed E-state index contributed by atoms with van der Waals surface area (Å²) in [5.41, 5.74) is 0. The van der Waals surface area contributed by atoms with Crippen LogP contribution in [0.3, 0.4) is 0 Å². The van der Waals surface area contributed by atoms with Crippen LogP contribution >= 0.6 is 0 Å². The number of hydrogen-bond donors (Lipinski definition) is 2. The molecule has 0 aromatic heterocycles. The van der Waals surface area contributed by atoms with Gasteiger partial charge in [0.05, 0.1) is 6.61 Å². The molecule has 1 saturated heterocycles. The summed E-state index contributed by atoms with van der Waals surface area (Å²) in [6, 6.07) is 0. The molecule has 5 heteroatoms. The lowest BCUT2D eigenvalue weighted by Crippen LogP contribution is -2.36. The van der Waals surface area contributed by atoms with Crippen molar-refractivity contribution >= 4 is 5.91 Å². The van der Waals surface area contributed by atoms with E-state index in [2.05, 4.69) is 10.6 Å². The Morgan fingerprint density at radius 2 is 2.41 bits per heavy atom. The first kappa shape index (κ1) is 14.4. The van der Waals surface area contributed by atoms with E-state index in [1.807, 2.05) is 0 Å². The molecule has 1 fully saturated rings. The van der Waals surface area contributed by atoms with Gasteiger partial charge in [0.1, 0.15) is 6.10 Å². The van der Waals surface area contributed by atoms with Crippen LogP contribution in [0.5, 0.6) is 0 Å². The van der Waals surface area contributed by atoms with E-state index in [4.69, 9.17) is 9.47 Å². The highest BCUT2D eigenvalue weighted by Crippen LogP contribution is 2.08. The lowest BCUT2D eigenvalue weighted by atomic mass is 10.1. The maximum absolute atomic E-state index is 11.6. The minimum atomic E-state index is -0.363. The topological polar surface area (TPSA) is 59.6 Å². The highest BCUT2D eigenvalue weighted by molar-refractivity contribution is 5.80. The summed E-state index contributed by atoms with van der Waals surface area (Å²) in [7, 11) is 1.66. The molecule has 2 N–H and O–H groups in total. The fourth-order valence-corrected chi connectivity index (χ4v) is 1.78. The molecular formula is C12H24N2O3. The van der Waals surface area contributed by atoms with Crippen molar-refractivity contribution in [1.29, 1.82) is 0 Å². The van der Waals surface area contributed by atoms with Gasteiger partial charge in [-0.05, 0) is 32.2 Å². The Morgan fingerprint density at radius 3 is 3.06 bits per heavy atom. The van der Waals surface area contributed by atoms with Crippen LogP contribution in [0.4, 0.5) is 0 Å². The van der Waals surface area contributed by atoms with E-state index in [1.165, 1.54) is 0 Å². The van der Waals surface area contributed by atoms with Crippen LogP contribution in [0.15, 0.2) is 0 Å². The average Bonchev–Trinajstić information content (AvgIpc) is 2.84. The van der Waals surface area contributed by atoms with Crippen molar-refractivity contribution in [2.45, 2.75) is 25.9 Å². The predicted octanol–water partition coefficient (Wildman–Crippen LogP) is 0.154. The van der Waals surface area contributed by atoms with Crippen molar-refractivity contribution in [1.82, 2.24) is 10.6 Å². The van der Waals surface area contributed by atoms with Gasteiger partial charge in [-0.15, -0.1) is 0 Å². The van der Waals surface area contributed by atoms with Gasteiger partial charge in [-0.3, -0.25) is 4.79 Å². The number of rotatable bonds is 8. The van der Waals surface area contributed by atoms with Crippen molar-refractivity contribution in [2.24, 2.45) is 5.92 Å². The average molecular weight is 244 g/mol. The number of amides is 1. The van der Waals surface area contributed by atoms with E-state index in [1.54, 1.807) is 14.0 Å². The lowest BCUT2D eigenvalue weighted by molar-refractivity contribution is -0.132. The molecule has 0 aromatic carbocycles. The van der Waals surface area contributed by atoms with E-state index in [9.17, 15) is 4.79 Å². The highest BCUT2D eigenvalue weighted by atomic mass is 16.5. The van der Waals surface area contributed by atoms with Crippen molar-refractivity contribution in [2.75, 3.05) is 40.0 Å². The lowest BCUT2D eigenvalue weighted by Gasteiger charge is -2.15. The molecule has 1 heterocycles. The first-order chi connectivity index (χ1) is 8.24. The standard InChI is InChI=1S/C12H24N2O3/c1-10(12(15)14-5-3-7-16-2)17-9-11-4-6-13-8-11/h10-11,13H,3-9H2,1-2H3,(H,14,15). The molecular weight excluding hydrogens is 220 g/mol. The number of methoxy groups -OCH3 is 1. The minimum Gasteiger partial charge on any atom is -0.385 e. The second-order valence-corrected chi connectivity index (χ2v) is 4.47. The van der Waals surface area contributed by atoms with Gasteiger partial charge in [-0.2, -0.15) is 0 Å². The minimum absolute atomic E-state index is 0.0351. The Balaban J connectivity index is 2.04. The molecule has 0 saturated carbocycles. The number of hydrogen-bond acceptors (Lipinski definition) is 4. The number of carbonyl (C=O) groups is 1. The Morgan fingerprint density at radius 1 is 1.59 bits per heavy atom. The van der Waals surface area contributed by atoms with Gasteiger partial charge in [0, 0.05) is 26.8 Å². The first-order valence-electron chi connectivity index (χ1n) is 6.33. The second kappa shape index (κ2) is 8.44. The predicted molar refractivity (Wildman–Crippen MR) is 65.9 cm³/mol. The third-order valence-corrected chi connectivity index (χ3v) is 2.94. The van der Waals surface area contributed by atoms with Gasteiger partial charge in [-0.25, -0.2) is 0 Å². The van der Waals surface area contributed by atoms with E-state index in [0.29, 0.717) is 25.7 Å².